The van der Waals surface area contributed by atoms with Gasteiger partial charge in [0, 0.05) is 19.6 Å². The molecule has 0 aromatic rings. The zero-order chi connectivity index (χ0) is 14.9. The quantitative estimate of drug-likeness (QED) is 0.600. The van der Waals surface area contributed by atoms with E-state index in [-0.39, 0.29) is 26.1 Å². The van der Waals surface area contributed by atoms with Crippen molar-refractivity contribution in [3.8, 4) is 0 Å². The van der Waals surface area contributed by atoms with E-state index < -0.39 is 24.8 Å². The first-order chi connectivity index (χ1) is 8.78. The van der Waals surface area contributed by atoms with Gasteiger partial charge in [-0.25, -0.2) is 0 Å². The van der Waals surface area contributed by atoms with Crippen LogP contribution in [0.25, 0.3) is 0 Å². The van der Waals surface area contributed by atoms with Gasteiger partial charge in [0.15, 0.2) is 0 Å². The van der Waals surface area contributed by atoms with Crippen LogP contribution in [0.4, 0.5) is 13.2 Å². The number of carbonyl (C=O) groups is 1. The molecule has 0 heterocycles. The van der Waals surface area contributed by atoms with Gasteiger partial charge in [-0.15, -0.1) is 0 Å². The number of carbonyl (C=O) groups excluding carboxylic acids is 1. The highest BCUT2D eigenvalue weighted by atomic mass is 19.4. The Balaban J connectivity index is 4.25. The molecule has 0 spiro atoms. The summed E-state index contributed by atoms with van der Waals surface area (Å²) in [5.41, 5.74) is 0. The number of aliphatic hydroxyl groups excluding tert-OH is 1. The molecule has 0 aromatic heterocycles. The summed E-state index contributed by atoms with van der Waals surface area (Å²) in [4.78, 5) is 12.2. The van der Waals surface area contributed by atoms with Crippen LogP contribution in [-0.4, -0.2) is 68.1 Å². The molecule has 0 saturated heterocycles. The molecule has 5 nitrogen and oxygen atoms in total. The number of nitrogens with zero attached hydrogens (tertiary/aromatic N) is 1. The van der Waals surface area contributed by atoms with Crippen molar-refractivity contribution in [3.05, 3.63) is 0 Å². The third-order valence-corrected chi connectivity index (χ3v) is 2.26. The maximum absolute atomic E-state index is 12.3. The van der Waals surface area contributed by atoms with Crippen molar-refractivity contribution in [2.75, 3.05) is 39.8 Å². The molecular weight excluding hydrogens is 265 g/mol. The van der Waals surface area contributed by atoms with Crippen molar-refractivity contribution in [2.45, 2.75) is 25.6 Å². The Morgan fingerprint density at radius 2 is 2.11 bits per heavy atom. The summed E-state index contributed by atoms with van der Waals surface area (Å²) in [6, 6.07) is 0. The van der Waals surface area contributed by atoms with E-state index in [1.165, 1.54) is 0 Å². The van der Waals surface area contributed by atoms with Crippen LogP contribution in [0.3, 0.4) is 0 Å². The van der Waals surface area contributed by atoms with Gasteiger partial charge < -0.3 is 15.2 Å². The number of esters is 1. The van der Waals surface area contributed by atoms with Gasteiger partial charge >= 0.3 is 12.1 Å². The van der Waals surface area contributed by atoms with Gasteiger partial charge in [0.1, 0.15) is 0 Å². The van der Waals surface area contributed by atoms with E-state index >= 15 is 0 Å². The second-order valence-electron chi connectivity index (χ2n) is 4.12. The normalized spacial score (nSPS) is 13.6. The Labute approximate surface area is 110 Å². The van der Waals surface area contributed by atoms with Crippen molar-refractivity contribution >= 4 is 5.97 Å². The summed E-state index contributed by atoms with van der Waals surface area (Å²) < 4.78 is 41.6. The summed E-state index contributed by atoms with van der Waals surface area (Å²) in [6.45, 7) is 0.956. The van der Waals surface area contributed by atoms with Crippen molar-refractivity contribution in [2.24, 2.45) is 0 Å². The Bertz CT molecular complexity index is 262. The molecule has 19 heavy (non-hydrogen) atoms. The van der Waals surface area contributed by atoms with Gasteiger partial charge in [-0.3, -0.25) is 9.69 Å². The predicted octanol–water partition coefficient (Wildman–Crippen LogP) is 0.384. The van der Waals surface area contributed by atoms with E-state index in [2.05, 4.69) is 10.1 Å². The molecule has 0 radical (unpaired) electrons. The molecule has 114 valence electrons. The summed E-state index contributed by atoms with van der Waals surface area (Å²) in [6.07, 6.45) is -5.81. The third-order valence-electron chi connectivity index (χ3n) is 2.26. The second kappa shape index (κ2) is 9.11. The monoisotopic (exact) mass is 286 g/mol. The second-order valence-corrected chi connectivity index (χ2v) is 4.12. The molecule has 0 bridgehead atoms. The van der Waals surface area contributed by atoms with Crippen LogP contribution in [0, 0.1) is 0 Å². The van der Waals surface area contributed by atoms with Gasteiger partial charge in [0.25, 0.3) is 0 Å². The van der Waals surface area contributed by atoms with Crippen LogP contribution >= 0.6 is 0 Å². The van der Waals surface area contributed by atoms with E-state index in [4.69, 9.17) is 0 Å². The van der Waals surface area contributed by atoms with Crippen molar-refractivity contribution in [1.82, 2.24) is 10.2 Å². The fraction of sp³-hybridized carbons (Fsp3) is 0.909. The molecule has 0 fully saturated rings. The maximum atomic E-state index is 12.3. The molecule has 0 saturated carbocycles. The Morgan fingerprint density at radius 1 is 1.47 bits per heavy atom. The average molecular weight is 286 g/mol. The van der Waals surface area contributed by atoms with Crippen molar-refractivity contribution in [1.29, 1.82) is 0 Å². The smallest absolute Gasteiger partial charge is 0.401 e. The van der Waals surface area contributed by atoms with Crippen molar-refractivity contribution in [3.63, 3.8) is 0 Å². The largest absolute Gasteiger partial charge is 0.466 e. The summed E-state index contributed by atoms with van der Waals surface area (Å²) in [5, 5.41) is 12.3. The van der Waals surface area contributed by atoms with Crippen LogP contribution in [0.2, 0.25) is 0 Å². The number of rotatable bonds is 9. The molecule has 2 N–H and O–H groups in total. The topological polar surface area (TPSA) is 61.8 Å². The minimum atomic E-state index is -4.34. The van der Waals surface area contributed by atoms with E-state index in [9.17, 15) is 23.1 Å². The molecule has 0 aliphatic rings. The highest BCUT2D eigenvalue weighted by molar-refractivity contribution is 5.69. The Kier molecular flexibility index (Phi) is 8.70. The molecule has 0 rings (SSSR count). The van der Waals surface area contributed by atoms with Crippen LogP contribution in [0.1, 0.15) is 13.3 Å². The molecule has 0 unspecified atom stereocenters. The molecular formula is C11H21F3N2O3. The van der Waals surface area contributed by atoms with Gasteiger partial charge in [0.05, 0.1) is 25.7 Å². The number of hydrogen-bond acceptors (Lipinski definition) is 5. The van der Waals surface area contributed by atoms with Crippen molar-refractivity contribution < 1.29 is 27.8 Å². The summed E-state index contributed by atoms with van der Waals surface area (Å²) in [5.74, 6) is -0.615. The minimum absolute atomic E-state index is 0.135. The maximum Gasteiger partial charge on any atom is 0.401 e. The fourth-order valence-corrected chi connectivity index (χ4v) is 1.53. The summed E-state index contributed by atoms with van der Waals surface area (Å²) >= 11 is 0. The lowest BCUT2D eigenvalue weighted by molar-refractivity contribution is -0.151. The lowest BCUT2D eigenvalue weighted by Crippen LogP contribution is -2.42. The van der Waals surface area contributed by atoms with Crippen LogP contribution in [0.15, 0.2) is 0 Å². The molecule has 0 aliphatic carbocycles. The van der Waals surface area contributed by atoms with Crippen LogP contribution in [-0.2, 0) is 9.53 Å². The van der Waals surface area contributed by atoms with Gasteiger partial charge in [-0.05, 0) is 14.0 Å². The zero-order valence-electron chi connectivity index (χ0n) is 11.2. The highest BCUT2D eigenvalue weighted by Crippen LogP contribution is 2.16. The molecule has 1 atom stereocenters. The number of halogens is 3. The van der Waals surface area contributed by atoms with Crippen LogP contribution in [0.5, 0.6) is 0 Å². The molecule has 8 heteroatoms. The van der Waals surface area contributed by atoms with E-state index in [1.54, 1.807) is 14.0 Å². The zero-order valence-corrected chi connectivity index (χ0v) is 11.2. The minimum Gasteiger partial charge on any atom is -0.466 e. The first-order valence-electron chi connectivity index (χ1n) is 6.06. The van der Waals surface area contributed by atoms with E-state index in [0.717, 1.165) is 4.90 Å². The van der Waals surface area contributed by atoms with Gasteiger partial charge in [0.2, 0.25) is 0 Å². The number of hydrogen-bond donors (Lipinski definition) is 2. The Hall–Kier alpha value is -0.860. The first kappa shape index (κ1) is 18.1. The third kappa shape index (κ3) is 10.7. The molecule has 0 amide bonds. The van der Waals surface area contributed by atoms with Gasteiger partial charge in [-0.1, -0.05) is 0 Å². The highest BCUT2D eigenvalue weighted by Gasteiger charge is 2.31. The number of likely N-dealkylation sites (N-methyl/N-ethyl adjacent to an activating group) is 1. The molecule has 0 aliphatic heterocycles. The number of aliphatic hydroxyl groups is 1. The van der Waals surface area contributed by atoms with Gasteiger partial charge in [-0.2, -0.15) is 13.2 Å². The lowest BCUT2D eigenvalue weighted by atomic mass is 10.2. The van der Waals surface area contributed by atoms with E-state index in [1.807, 2.05) is 0 Å². The number of ether oxygens (including phenoxy) is 1. The SMILES string of the molecule is CCOC(=O)C[C@H](O)CN(CCNC)CC(F)(F)F. The first-order valence-corrected chi connectivity index (χ1v) is 6.06. The average Bonchev–Trinajstić information content (AvgIpc) is 2.23. The Morgan fingerprint density at radius 3 is 2.58 bits per heavy atom. The fourth-order valence-electron chi connectivity index (χ4n) is 1.53. The summed E-state index contributed by atoms with van der Waals surface area (Å²) in [7, 11) is 1.63. The number of alkyl halides is 3. The number of nitrogens with one attached hydrogen (secondary N) is 1. The van der Waals surface area contributed by atoms with E-state index in [0.29, 0.717) is 6.54 Å². The lowest BCUT2D eigenvalue weighted by Gasteiger charge is -2.25. The molecule has 0 aromatic carbocycles. The standard InChI is InChI=1S/C11H21F3N2O3/c1-3-19-10(18)6-9(17)7-16(5-4-15-2)8-11(12,13)14/h9,15,17H,3-8H2,1-2H3/t9-/m0/s1. The predicted molar refractivity (Wildman–Crippen MR) is 63.7 cm³/mol. The van der Waals surface area contributed by atoms with Crippen LogP contribution < -0.4 is 5.32 Å².